The van der Waals surface area contributed by atoms with Gasteiger partial charge < -0.3 is 15.2 Å². The minimum absolute atomic E-state index is 0.0455. The molecule has 0 aromatic heterocycles. The van der Waals surface area contributed by atoms with Crippen molar-refractivity contribution < 1.29 is 24.2 Å². The molecule has 2 N–H and O–H groups in total. The van der Waals surface area contributed by atoms with Crippen molar-refractivity contribution in [1.29, 1.82) is 0 Å². The first-order chi connectivity index (χ1) is 6.52. The number of nitrogens with one attached hydrogen (secondary N) is 1. The summed E-state index contributed by atoms with van der Waals surface area (Å²) in [6.07, 6.45) is 0.0455. The number of hydrogen-bond acceptors (Lipinski definition) is 5. The summed E-state index contributed by atoms with van der Waals surface area (Å²) in [6.45, 7) is 0. The zero-order valence-electron chi connectivity index (χ0n) is 7.52. The molecular formula is C7H11NO5S. The Labute approximate surface area is 86.0 Å². The largest absolute Gasteiger partial charge is 0.479 e. The van der Waals surface area contributed by atoms with Gasteiger partial charge in [-0.15, -0.1) is 0 Å². The van der Waals surface area contributed by atoms with Crippen LogP contribution < -0.4 is 5.32 Å². The van der Waals surface area contributed by atoms with Gasteiger partial charge in [0.2, 0.25) is 11.9 Å². The molecule has 0 saturated carbocycles. The van der Waals surface area contributed by atoms with Crippen molar-refractivity contribution in [1.82, 2.24) is 5.32 Å². The molecule has 0 aliphatic carbocycles. The van der Waals surface area contributed by atoms with E-state index >= 15 is 0 Å². The molecule has 0 aliphatic heterocycles. The maximum Gasteiger partial charge on any atom is 0.340 e. The molecule has 1 unspecified atom stereocenters. The number of methoxy groups -OCH3 is 1. The zero-order valence-corrected chi connectivity index (χ0v) is 8.41. The van der Waals surface area contributed by atoms with E-state index in [-0.39, 0.29) is 12.2 Å². The SMILES string of the molecule is COC(=O)C(NC(=O)CCS)C(=O)O. The second-order valence-corrected chi connectivity index (χ2v) is 2.78. The Morgan fingerprint density at radius 1 is 1.50 bits per heavy atom. The number of aliphatic carboxylic acids is 1. The van der Waals surface area contributed by atoms with E-state index in [2.05, 4.69) is 17.4 Å². The number of thiol groups is 1. The second-order valence-electron chi connectivity index (χ2n) is 2.34. The van der Waals surface area contributed by atoms with Crippen LogP contribution in [0.1, 0.15) is 6.42 Å². The Kier molecular flexibility index (Phi) is 5.70. The molecule has 0 bridgehead atoms. The van der Waals surface area contributed by atoms with Crippen LogP contribution in [0.5, 0.6) is 0 Å². The van der Waals surface area contributed by atoms with Gasteiger partial charge in [-0.05, 0) is 5.75 Å². The molecule has 0 aromatic carbocycles. The van der Waals surface area contributed by atoms with Gasteiger partial charge in [-0.1, -0.05) is 0 Å². The van der Waals surface area contributed by atoms with Crippen LogP contribution in [0.4, 0.5) is 0 Å². The van der Waals surface area contributed by atoms with Crippen molar-refractivity contribution in [3.8, 4) is 0 Å². The predicted octanol–water partition coefficient (Wildman–Crippen LogP) is -0.951. The molecule has 1 amide bonds. The van der Waals surface area contributed by atoms with Gasteiger partial charge in [0.15, 0.2) is 0 Å². The lowest BCUT2D eigenvalue weighted by atomic mass is 10.3. The molecule has 0 radical (unpaired) electrons. The number of esters is 1. The van der Waals surface area contributed by atoms with Crippen LogP contribution in [0.2, 0.25) is 0 Å². The van der Waals surface area contributed by atoms with Crippen molar-refractivity contribution in [2.75, 3.05) is 12.9 Å². The number of amides is 1. The molecule has 0 rings (SSSR count). The van der Waals surface area contributed by atoms with Gasteiger partial charge in [-0.3, -0.25) is 4.79 Å². The second kappa shape index (κ2) is 6.25. The fourth-order valence-electron chi connectivity index (χ4n) is 0.674. The lowest BCUT2D eigenvalue weighted by Gasteiger charge is -2.11. The Balaban J connectivity index is 4.31. The van der Waals surface area contributed by atoms with E-state index in [9.17, 15) is 14.4 Å². The highest BCUT2D eigenvalue weighted by atomic mass is 32.1. The summed E-state index contributed by atoms with van der Waals surface area (Å²) in [6, 6.07) is -1.65. The third kappa shape index (κ3) is 4.13. The number of carboxylic acids is 1. The molecule has 0 aliphatic rings. The Morgan fingerprint density at radius 2 is 2.07 bits per heavy atom. The fourth-order valence-corrected chi connectivity index (χ4v) is 0.877. The van der Waals surface area contributed by atoms with Gasteiger partial charge in [0.05, 0.1) is 7.11 Å². The first kappa shape index (κ1) is 12.8. The zero-order chi connectivity index (χ0) is 11.1. The average molecular weight is 221 g/mol. The smallest absolute Gasteiger partial charge is 0.340 e. The lowest BCUT2D eigenvalue weighted by Crippen LogP contribution is -2.47. The average Bonchev–Trinajstić information content (AvgIpc) is 2.13. The third-order valence-electron chi connectivity index (χ3n) is 1.33. The van der Waals surface area contributed by atoms with E-state index in [0.717, 1.165) is 7.11 Å². The number of ether oxygens (including phenoxy) is 1. The third-order valence-corrected chi connectivity index (χ3v) is 1.55. The minimum atomic E-state index is -1.65. The summed E-state index contributed by atoms with van der Waals surface area (Å²) < 4.78 is 4.20. The van der Waals surface area contributed by atoms with Crippen LogP contribution in [-0.4, -0.2) is 41.9 Å². The Bertz CT molecular complexity index is 242. The quantitative estimate of drug-likeness (QED) is 0.316. The summed E-state index contributed by atoms with van der Waals surface area (Å²) in [5.74, 6) is -2.74. The van der Waals surface area contributed by atoms with Crippen LogP contribution in [0, 0.1) is 0 Å². The van der Waals surface area contributed by atoms with E-state index in [1.807, 2.05) is 5.32 Å². The molecule has 0 fully saturated rings. The summed E-state index contributed by atoms with van der Waals surface area (Å²) in [7, 11) is 1.04. The van der Waals surface area contributed by atoms with Crippen molar-refractivity contribution in [3.63, 3.8) is 0 Å². The predicted molar refractivity (Wildman–Crippen MR) is 50.1 cm³/mol. The van der Waals surface area contributed by atoms with Crippen LogP contribution in [0.15, 0.2) is 0 Å². The highest BCUT2D eigenvalue weighted by Crippen LogP contribution is 1.91. The molecule has 0 spiro atoms. The molecule has 6 nitrogen and oxygen atoms in total. The Hall–Kier alpha value is -1.24. The summed E-state index contributed by atoms with van der Waals surface area (Å²) in [5, 5.41) is 10.6. The first-order valence-corrected chi connectivity index (χ1v) is 4.37. The van der Waals surface area contributed by atoms with Gasteiger partial charge in [-0.2, -0.15) is 12.6 Å². The summed E-state index contributed by atoms with van der Waals surface area (Å²) in [4.78, 5) is 32.3. The molecular weight excluding hydrogens is 210 g/mol. The fraction of sp³-hybridized carbons (Fsp3) is 0.571. The number of rotatable bonds is 5. The number of carbonyl (C=O) groups is 3. The van der Waals surface area contributed by atoms with Crippen molar-refractivity contribution >= 4 is 30.5 Å². The highest BCUT2D eigenvalue weighted by Gasteiger charge is 2.28. The van der Waals surface area contributed by atoms with Crippen molar-refractivity contribution in [3.05, 3.63) is 0 Å². The van der Waals surface area contributed by atoms with E-state index in [1.54, 1.807) is 0 Å². The van der Waals surface area contributed by atoms with E-state index in [0.29, 0.717) is 0 Å². The number of carboxylic acid groups (broad SMARTS) is 1. The van der Waals surface area contributed by atoms with Crippen LogP contribution in [0.25, 0.3) is 0 Å². The summed E-state index contributed by atoms with van der Waals surface area (Å²) >= 11 is 3.78. The molecule has 1 atom stereocenters. The maximum absolute atomic E-state index is 10.9. The Morgan fingerprint density at radius 3 is 2.43 bits per heavy atom. The molecule has 0 saturated heterocycles. The minimum Gasteiger partial charge on any atom is -0.479 e. The van der Waals surface area contributed by atoms with Crippen LogP contribution in [-0.2, 0) is 19.1 Å². The van der Waals surface area contributed by atoms with E-state index < -0.39 is 23.9 Å². The van der Waals surface area contributed by atoms with Crippen molar-refractivity contribution in [2.24, 2.45) is 0 Å². The van der Waals surface area contributed by atoms with Crippen molar-refractivity contribution in [2.45, 2.75) is 12.5 Å². The van der Waals surface area contributed by atoms with Gasteiger partial charge in [-0.25, -0.2) is 9.59 Å². The molecule has 14 heavy (non-hydrogen) atoms. The highest BCUT2D eigenvalue weighted by molar-refractivity contribution is 7.80. The van der Waals surface area contributed by atoms with E-state index in [4.69, 9.17) is 5.11 Å². The number of hydrogen-bond donors (Lipinski definition) is 3. The normalized spacial score (nSPS) is 11.6. The lowest BCUT2D eigenvalue weighted by molar-refractivity contribution is -0.155. The first-order valence-electron chi connectivity index (χ1n) is 3.73. The number of carbonyl (C=O) groups excluding carboxylic acids is 2. The molecule has 80 valence electrons. The van der Waals surface area contributed by atoms with Crippen LogP contribution >= 0.6 is 12.6 Å². The van der Waals surface area contributed by atoms with Gasteiger partial charge in [0.25, 0.3) is 0 Å². The molecule has 0 aromatic rings. The van der Waals surface area contributed by atoms with Gasteiger partial charge in [0.1, 0.15) is 0 Å². The van der Waals surface area contributed by atoms with Gasteiger partial charge >= 0.3 is 11.9 Å². The topological polar surface area (TPSA) is 92.7 Å². The molecule has 7 heteroatoms. The van der Waals surface area contributed by atoms with Crippen LogP contribution in [0.3, 0.4) is 0 Å². The monoisotopic (exact) mass is 221 g/mol. The molecule has 0 heterocycles. The maximum atomic E-state index is 10.9. The summed E-state index contributed by atoms with van der Waals surface area (Å²) in [5.41, 5.74) is 0. The van der Waals surface area contributed by atoms with E-state index in [1.165, 1.54) is 0 Å². The van der Waals surface area contributed by atoms with Gasteiger partial charge in [0, 0.05) is 6.42 Å². The standard InChI is InChI=1S/C7H11NO5S/c1-13-7(12)5(6(10)11)8-4(9)2-3-14/h5,14H,2-3H2,1H3,(H,8,9)(H,10,11).